The minimum absolute atomic E-state index is 0.229. The van der Waals surface area contributed by atoms with E-state index in [9.17, 15) is 14.7 Å². The van der Waals surface area contributed by atoms with Crippen molar-refractivity contribution in [3.05, 3.63) is 87.4 Å². The second kappa shape index (κ2) is 8.25. The highest BCUT2D eigenvalue weighted by Gasteiger charge is 2.45. The first kappa shape index (κ1) is 21.2. The van der Waals surface area contributed by atoms with Crippen molar-refractivity contribution in [1.82, 2.24) is 5.32 Å². The van der Waals surface area contributed by atoms with E-state index in [2.05, 4.69) is 5.32 Å². The molecule has 158 valence electrons. The van der Waals surface area contributed by atoms with Gasteiger partial charge in [0.05, 0.1) is 7.11 Å². The molecule has 7 heteroatoms. The molecule has 3 aromatic carbocycles. The van der Waals surface area contributed by atoms with Crippen LogP contribution >= 0.6 is 23.2 Å². The lowest BCUT2D eigenvalue weighted by Gasteiger charge is -2.25. The molecule has 0 unspecified atom stereocenters. The molecule has 0 saturated carbocycles. The van der Waals surface area contributed by atoms with Crippen LogP contribution in [0.2, 0.25) is 10.0 Å². The van der Waals surface area contributed by atoms with E-state index in [0.717, 1.165) is 11.1 Å². The molecular weight excluding hydrogens is 437 g/mol. The molecule has 0 spiro atoms. The summed E-state index contributed by atoms with van der Waals surface area (Å²) in [5.41, 5.74) is 1.94. The molecule has 4 rings (SSSR count). The Kier molecular flexibility index (Phi) is 5.65. The van der Waals surface area contributed by atoms with Gasteiger partial charge in [0.1, 0.15) is 11.3 Å². The highest BCUT2D eigenvalue weighted by atomic mass is 35.5. The van der Waals surface area contributed by atoms with Crippen LogP contribution in [-0.2, 0) is 17.6 Å². The van der Waals surface area contributed by atoms with Gasteiger partial charge in [0.25, 0.3) is 5.91 Å². The Bertz CT molecular complexity index is 1170. The van der Waals surface area contributed by atoms with Gasteiger partial charge in [-0.1, -0.05) is 47.5 Å². The predicted octanol–water partition coefficient (Wildman–Crippen LogP) is 5.02. The fourth-order valence-electron chi connectivity index (χ4n) is 3.96. The van der Waals surface area contributed by atoms with Crippen LogP contribution in [0.25, 0.3) is 11.1 Å². The fourth-order valence-corrected chi connectivity index (χ4v) is 4.35. The molecule has 2 N–H and O–H groups in total. The molecule has 0 radical (unpaired) electrons. The zero-order valence-corrected chi connectivity index (χ0v) is 18.1. The third-order valence-electron chi connectivity index (χ3n) is 5.55. The third-order valence-corrected chi connectivity index (χ3v) is 6.11. The van der Waals surface area contributed by atoms with Gasteiger partial charge >= 0.3 is 5.97 Å². The minimum atomic E-state index is -1.39. The van der Waals surface area contributed by atoms with Crippen LogP contribution in [-0.4, -0.2) is 29.6 Å². The molecule has 3 aromatic rings. The smallest absolute Gasteiger partial charge is 0.330 e. The van der Waals surface area contributed by atoms with Crippen molar-refractivity contribution in [1.29, 1.82) is 0 Å². The highest BCUT2D eigenvalue weighted by Crippen LogP contribution is 2.37. The van der Waals surface area contributed by atoms with E-state index in [1.165, 1.54) is 7.11 Å². The first-order valence-electron chi connectivity index (χ1n) is 9.59. The number of fused-ring (bicyclic) bond motifs is 1. The second-order valence-electron chi connectivity index (χ2n) is 7.50. The van der Waals surface area contributed by atoms with Gasteiger partial charge in [-0.05, 0) is 47.5 Å². The van der Waals surface area contributed by atoms with Crippen molar-refractivity contribution in [3.8, 4) is 16.9 Å². The number of hydrogen-bond acceptors (Lipinski definition) is 3. The van der Waals surface area contributed by atoms with Crippen molar-refractivity contribution >= 4 is 35.1 Å². The summed E-state index contributed by atoms with van der Waals surface area (Å²) in [7, 11) is 1.53. The standard InChI is InChI=1S/C24H19Cl2NO4/c1-31-21-9-7-17(25)11-19(21)18-10-14(6-8-20(18)26)22(28)27-24(23(29)30)12-15-4-2-3-5-16(15)13-24/h2-11H,12-13H2,1H3,(H,27,28)(H,29,30). The van der Waals surface area contributed by atoms with Crippen LogP contribution in [0.1, 0.15) is 21.5 Å². The van der Waals surface area contributed by atoms with Crippen molar-refractivity contribution in [2.75, 3.05) is 7.11 Å². The molecule has 31 heavy (non-hydrogen) atoms. The van der Waals surface area contributed by atoms with E-state index < -0.39 is 17.4 Å². The number of carboxylic acid groups (broad SMARTS) is 1. The lowest BCUT2D eigenvalue weighted by molar-refractivity contribution is -0.144. The number of ether oxygens (including phenoxy) is 1. The number of aliphatic carboxylic acids is 1. The number of halogens is 2. The quantitative estimate of drug-likeness (QED) is 0.566. The van der Waals surface area contributed by atoms with Crippen LogP contribution in [0, 0.1) is 0 Å². The van der Waals surface area contributed by atoms with Gasteiger partial charge in [0.2, 0.25) is 0 Å². The first-order valence-corrected chi connectivity index (χ1v) is 10.3. The van der Waals surface area contributed by atoms with Gasteiger partial charge < -0.3 is 15.2 Å². The Labute approximate surface area is 189 Å². The van der Waals surface area contributed by atoms with E-state index >= 15 is 0 Å². The summed E-state index contributed by atoms with van der Waals surface area (Å²) < 4.78 is 5.41. The Morgan fingerprint density at radius 3 is 2.26 bits per heavy atom. The molecule has 0 saturated heterocycles. The van der Waals surface area contributed by atoms with Crippen LogP contribution in [0.5, 0.6) is 5.75 Å². The number of hydrogen-bond donors (Lipinski definition) is 2. The molecule has 0 aliphatic heterocycles. The normalized spacial score (nSPS) is 14.0. The van der Waals surface area contributed by atoms with Crippen LogP contribution in [0.3, 0.4) is 0 Å². The Morgan fingerprint density at radius 1 is 0.968 bits per heavy atom. The number of rotatable bonds is 5. The Balaban J connectivity index is 1.68. The number of amides is 1. The third kappa shape index (κ3) is 3.99. The summed E-state index contributed by atoms with van der Waals surface area (Å²) in [5, 5.41) is 13.6. The maximum absolute atomic E-state index is 13.1. The average Bonchev–Trinajstić information content (AvgIpc) is 3.13. The number of carboxylic acids is 1. The second-order valence-corrected chi connectivity index (χ2v) is 8.35. The summed E-state index contributed by atoms with van der Waals surface area (Å²) in [4.78, 5) is 25.3. The van der Waals surface area contributed by atoms with Gasteiger partial charge in [0, 0.05) is 39.6 Å². The van der Waals surface area contributed by atoms with E-state index in [1.54, 1.807) is 36.4 Å². The number of benzene rings is 3. The van der Waals surface area contributed by atoms with Gasteiger partial charge in [0.15, 0.2) is 0 Å². The van der Waals surface area contributed by atoms with E-state index in [-0.39, 0.29) is 18.4 Å². The molecule has 0 fully saturated rings. The van der Waals surface area contributed by atoms with Crippen LogP contribution < -0.4 is 10.1 Å². The molecule has 1 amide bonds. The Hall–Kier alpha value is -3.02. The largest absolute Gasteiger partial charge is 0.496 e. The minimum Gasteiger partial charge on any atom is -0.496 e. The number of nitrogens with one attached hydrogen (secondary N) is 1. The van der Waals surface area contributed by atoms with Crippen LogP contribution in [0.4, 0.5) is 0 Å². The van der Waals surface area contributed by atoms with Crippen molar-refractivity contribution in [2.24, 2.45) is 0 Å². The van der Waals surface area contributed by atoms with Crippen molar-refractivity contribution in [2.45, 2.75) is 18.4 Å². The molecule has 1 aliphatic rings. The van der Waals surface area contributed by atoms with E-state index in [4.69, 9.17) is 27.9 Å². The van der Waals surface area contributed by atoms with Gasteiger partial charge in [-0.25, -0.2) is 4.79 Å². The summed E-state index contributed by atoms with van der Waals surface area (Å²) in [6.45, 7) is 0. The molecule has 0 heterocycles. The molecule has 0 atom stereocenters. The van der Waals surface area contributed by atoms with E-state index in [1.807, 2.05) is 24.3 Å². The number of methoxy groups -OCH3 is 1. The summed E-state index contributed by atoms with van der Waals surface area (Å²) in [6, 6.07) is 17.4. The summed E-state index contributed by atoms with van der Waals surface area (Å²) >= 11 is 12.5. The topological polar surface area (TPSA) is 75.6 Å². The zero-order valence-electron chi connectivity index (χ0n) is 16.6. The lowest BCUT2D eigenvalue weighted by Crippen LogP contribution is -2.55. The van der Waals surface area contributed by atoms with Gasteiger partial charge in [-0.3, -0.25) is 4.79 Å². The number of carbonyl (C=O) groups is 2. The van der Waals surface area contributed by atoms with Crippen molar-refractivity contribution in [3.63, 3.8) is 0 Å². The van der Waals surface area contributed by atoms with Gasteiger partial charge in [-0.2, -0.15) is 0 Å². The summed E-state index contributed by atoms with van der Waals surface area (Å²) in [5.74, 6) is -1.01. The van der Waals surface area contributed by atoms with Crippen LogP contribution in [0.15, 0.2) is 60.7 Å². The average molecular weight is 456 g/mol. The molecule has 5 nitrogen and oxygen atoms in total. The van der Waals surface area contributed by atoms with E-state index in [0.29, 0.717) is 26.9 Å². The van der Waals surface area contributed by atoms with Gasteiger partial charge in [-0.15, -0.1) is 0 Å². The fraction of sp³-hybridized carbons (Fsp3) is 0.167. The maximum Gasteiger partial charge on any atom is 0.330 e. The summed E-state index contributed by atoms with van der Waals surface area (Å²) in [6.07, 6.45) is 0.458. The highest BCUT2D eigenvalue weighted by molar-refractivity contribution is 6.34. The zero-order chi connectivity index (χ0) is 22.2. The molecule has 1 aliphatic carbocycles. The SMILES string of the molecule is COc1ccc(Cl)cc1-c1cc(C(=O)NC2(C(=O)O)Cc3ccccc3C2)ccc1Cl. The number of carbonyl (C=O) groups excluding carboxylic acids is 1. The monoisotopic (exact) mass is 455 g/mol. The predicted molar refractivity (Wildman–Crippen MR) is 120 cm³/mol. The Morgan fingerprint density at radius 2 is 1.65 bits per heavy atom. The lowest BCUT2D eigenvalue weighted by atomic mass is 9.94. The first-order chi connectivity index (χ1) is 14.8. The van der Waals surface area contributed by atoms with Crippen molar-refractivity contribution < 1.29 is 19.4 Å². The maximum atomic E-state index is 13.1. The molecular formula is C24H19Cl2NO4. The molecule has 0 aromatic heterocycles. The molecule has 0 bridgehead atoms.